The molecule has 0 aliphatic rings. The molecule has 0 spiro atoms. The van der Waals surface area contributed by atoms with Gasteiger partial charge in [0, 0.05) is 12.7 Å². The van der Waals surface area contributed by atoms with E-state index in [1.165, 1.54) is 11.1 Å². The maximum atomic E-state index is 4.51. The average Bonchev–Trinajstić information content (AvgIpc) is 2.41. The number of aryl methyl sites for hydroxylation is 5. The molecule has 0 N–H and O–H groups in total. The predicted molar refractivity (Wildman–Crippen MR) is 57.5 cm³/mol. The Kier molecular flexibility index (Phi) is 1.84. The Morgan fingerprint density at radius 3 is 2.21 bits per heavy atom. The molecule has 3 heteroatoms. The summed E-state index contributed by atoms with van der Waals surface area (Å²) < 4.78 is 2.13. The Balaban J connectivity index is 3.03. The van der Waals surface area contributed by atoms with Crippen LogP contribution in [0.5, 0.6) is 0 Å². The highest BCUT2D eigenvalue weighted by atomic mass is 15.1. The molecular weight excluding hydrogens is 174 g/mol. The number of pyridine rings is 1. The highest BCUT2D eigenvalue weighted by Gasteiger charge is 2.11. The summed E-state index contributed by atoms with van der Waals surface area (Å²) in [6.07, 6.45) is 0. The second-order valence-corrected chi connectivity index (χ2v) is 3.82. The molecule has 3 nitrogen and oxygen atoms in total. The van der Waals surface area contributed by atoms with Crippen molar-refractivity contribution in [3.63, 3.8) is 0 Å². The van der Waals surface area contributed by atoms with Crippen molar-refractivity contribution in [2.24, 2.45) is 7.05 Å². The van der Waals surface area contributed by atoms with Crippen LogP contribution in [-0.2, 0) is 7.05 Å². The zero-order valence-corrected chi connectivity index (χ0v) is 9.34. The number of hydrogen-bond acceptors (Lipinski definition) is 2. The number of aromatic nitrogens is 3. The van der Waals surface area contributed by atoms with Gasteiger partial charge in [0.1, 0.15) is 11.3 Å². The lowest BCUT2D eigenvalue weighted by Gasteiger charge is -2.05. The second-order valence-electron chi connectivity index (χ2n) is 3.82. The number of rotatable bonds is 0. The zero-order chi connectivity index (χ0) is 10.5. The fourth-order valence-electron chi connectivity index (χ4n) is 1.85. The van der Waals surface area contributed by atoms with Crippen molar-refractivity contribution in [2.45, 2.75) is 27.7 Å². The van der Waals surface area contributed by atoms with Crippen molar-refractivity contribution in [1.82, 2.24) is 14.5 Å². The van der Waals surface area contributed by atoms with E-state index in [1.54, 1.807) is 0 Å². The van der Waals surface area contributed by atoms with E-state index >= 15 is 0 Å². The average molecular weight is 189 g/mol. The van der Waals surface area contributed by atoms with Crippen LogP contribution in [-0.4, -0.2) is 14.5 Å². The molecule has 74 valence electrons. The summed E-state index contributed by atoms with van der Waals surface area (Å²) in [5, 5.41) is 0. The molecule has 0 amide bonds. The molecule has 0 saturated carbocycles. The largest absolute Gasteiger partial charge is 0.331 e. The van der Waals surface area contributed by atoms with E-state index < -0.39 is 0 Å². The molecule has 0 aliphatic heterocycles. The van der Waals surface area contributed by atoms with Gasteiger partial charge in [0.2, 0.25) is 0 Å². The van der Waals surface area contributed by atoms with Crippen molar-refractivity contribution in [3.8, 4) is 0 Å². The van der Waals surface area contributed by atoms with Crippen LogP contribution in [0.3, 0.4) is 0 Å². The van der Waals surface area contributed by atoms with Gasteiger partial charge in [-0.2, -0.15) is 0 Å². The molecule has 0 unspecified atom stereocenters. The quantitative estimate of drug-likeness (QED) is 0.636. The van der Waals surface area contributed by atoms with Crippen molar-refractivity contribution >= 4 is 11.0 Å². The fraction of sp³-hybridized carbons (Fsp3) is 0.455. The van der Waals surface area contributed by atoms with E-state index in [0.29, 0.717) is 0 Å². The van der Waals surface area contributed by atoms with Gasteiger partial charge in [-0.1, -0.05) is 0 Å². The van der Waals surface area contributed by atoms with E-state index in [-0.39, 0.29) is 0 Å². The minimum Gasteiger partial charge on any atom is -0.331 e. The van der Waals surface area contributed by atoms with Gasteiger partial charge in [-0.25, -0.2) is 4.98 Å². The van der Waals surface area contributed by atoms with Gasteiger partial charge in [0.05, 0.1) is 11.2 Å². The third-order valence-electron chi connectivity index (χ3n) is 2.89. The van der Waals surface area contributed by atoms with Gasteiger partial charge >= 0.3 is 0 Å². The Labute approximate surface area is 83.8 Å². The van der Waals surface area contributed by atoms with Gasteiger partial charge in [-0.15, -0.1) is 0 Å². The third-order valence-corrected chi connectivity index (χ3v) is 2.89. The first kappa shape index (κ1) is 9.19. The topological polar surface area (TPSA) is 30.7 Å². The monoisotopic (exact) mass is 189 g/mol. The van der Waals surface area contributed by atoms with Crippen LogP contribution in [0.15, 0.2) is 0 Å². The Morgan fingerprint density at radius 2 is 1.57 bits per heavy atom. The zero-order valence-electron chi connectivity index (χ0n) is 9.34. The number of imidazole rings is 1. The number of fused-ring (bicyclic) bond motifs is 1. The first-order chi connectivity index (χ1) is 6.52. The van der Waals surface area contributed by atoms with Gasteiger partial charge in [0.15, 0.2) is 0 Å². The van der Waals surface area contributed by atoms with E-state index in [4.69, 9.17) is 0 Å². The van der Waals surface area contributed by atoms with Gasteiger partial charge < -0.3 is 4.57 Å². The van der Waals surface area contributed by atoms with E-state index in [0.717, 1.165) is 22.7 Å². The maximum absolute atomic E-state index is 4.51. The minimum absolute atomic E-state index is 1.02. The highest BCUT2D eigenvalue weighted by molar-refractivity contribution is 5.82. The second kappa shape index (κ2) is 2.80. The number of nitrogens with zero attached hydrogens (tertiary/aromatic N) is 3. The molecule has 0 bridgehead atoms. The lowest BCUT2D eigenvalue weighted by atomic mass is 10.1. The third kappa shape index (κ3) is 1.05. The Hall–Kier alpha value is -1.38. The number of hydrogen-bond donors (Lipinski definition) is 0. The van der Waals surface area contributed by atoms with Crippen LogP contribution in [0.2, 0.25) is 0 Å². The SMILES string of the molecule is Cc1nc(C)c2nc(C)n(C)c2c1C. The van der Waals surface area contributed by atoms with Crippen LogP contribution >= 0.6 is 0 Å². The molecule has 0 fully saturated rings. The molecular formula is C11H15N3. The lowest BCUT2D eigenvalue weighted by Crippen LogP contribution is -1.97. The smallest absolute Gasteiger partial charge is 0.110 e. The van der Waals surface area contributed by atoms with E-state index in [9.17, 15) is 0 Å². The Morgan fingerprint density at radius 1 is 0.929 bits per heavy atom. The van der Waals surface area contributed by atoms with E-state index in [2.05, 4.69) is 28.5 Å². The molecule has 2 rings (SSSR count). The molecule has 0 radical (unpaired) electrons. The molecule has 0 aliphatic carbocycles. The van der Waals surface area contributed by atoms with Crippen LogP contribution in [0, 0.1) is 27.7 Å². The molecule has 2 heterocycles. The maximum Gasteiger partial charge on any atom is 0.110 e. The summed E-state index contributed by atoms with van der Waals surface area (Å²) in [4.78, 5) is 8.99. The van der Waals surface area contributed by atoms with Crippen molar-refractivity contribution < 1.29 is 0 Å². The van der Waals surface area contributed by atoms with Crippen molar-refractivity contribution in [2.75, 3.05) is 0 Å². The molecule has 0 atom stereocenters. The molecule has 14 heavy (non-hydrogen) atoms. The highest BCUT2D eigenvalue weighted by Crippen LogP contribution is 2.22. The first-order valence-corrected chi connectivity index (χ1v) is 4.79. The lowest BCUT2D eigenvalue weighted by molar-refractivity contribution is 0.882. The molecule has 2 aromatic heterocycles. The van der Waals surface area contributed by atoms with Crippen LogP contribution in [0.4, 0.5) is 0 Å². The Bertz CT molecular complexity index is 509. The summed E-state index contributed by atoms with van der Waals surface area (Å²) in [6.45, 7) is 8.19. The van der Waals surface area contributed by atoms with Gasteiger partial charge in [-0.3, -0.25) is 4.98 Å². The predicted octanol–water partition coefficient (Wildman–Crippen LogP) is 2.20. The fourth-order valence-corrected chi connectivity index (χ4v) is 1.85. The first-order valence-electron chi connectivity index (χ1n) is 4.79. The van der Waals surface area contributed by atoms with Crippen LogP contribution in [0.25, 0.3) is 11.0 Å². The van der Waals surface area contributed by atoms with Crippen molar-refractivity contribution in [3.05, 3.63) is 22.8 Å². The normalized spacial score (nSPS) is 11.2. The summed E-state index contributed by atoms with van der Waals surface area (Å²) in [7, 11) is 2.05. The minimum atomic E-state index is 1.02. The summed E-state index contributed by atoms with van der Waals surface area (Å²) >= 11 is 0. The molecule has 2 aromatic rings. The standard InChI is InChI=1S/C11H15N3/c1-6-7(2)12-8(3)10-11(6)14(5)9(4)13-10/h1-5H3. The van der Waals surface area contributed by atoms with E-state index in [1.807, 2.05) is 20.8 Å². The van der Waals surface area contributed by atoms with Gasteiger partial charge in [-0.05, 0) is 33.3 Å². The summed E-state index contributed by atoms with van der Waals surface area (Å²) in [5.74, 6) is 1.04. The summed E-state index contributed by atoms with van der Waals surface area (Å²) in [5.41, 5.74) is 5.60. The molecule has 0 saturated heterocycles. The molecule has 0 aromatic carbocycles. The van der Waals surface area contributed by atoms with Crippen molar-refractivity contribution in [1.29, 1.82) is 0 Å². The van der Waals surface area contributed by atoms with Crippen LogP contribution < -0.4 is 0 Å². The van der Waals surface area contributed by atoms with Gasteiger partial charge in [0.25, 0.3) is 0 Å². The summed E-state index contributed by atoms with van der Waals surface area (Å²) in [6, 6.07) is 0. The van der Waals surface area contributed by atoms with Crippen LogP contribution in [0.1, 0.15) is 22.8 Å².